The first kappa shape index (κ1) is 6.42. The molecule has 2 aromatic rings. The second-order valence-electron chi connectivity index (χ2n) is 2.14. The number of nitrogens with zero attached hydrogens (tertiary/aromatic N) is 1. The molecule has 11 heavy (non-hydrogen) atoms. The lowest BCUT2D eigenvalue weighted by Gasteiger charge is -1.90. The summed E-state index contributed by atoms with van der Waals surface area (Å²) in [6, 6.07) is 1.92. The number of anilines is 1. The minimum absolute atomic E-state index is 0.681. The summed E-state index contributed by atoms with van der Waals surface area (Å²) in [4.78, 5) is 7.04. The van der Waals surface area contributed by atoms with Crippen molar-refractivity contribution in [2.45, 2.75) is 0 Å². The molecule has 0 aliphatic heterocycles. The molecule has 4 heteroatoms. The number of thiazole rings is 1. The molecule has 0 atom stereocenters. The third-order valence-corrected chi connectivity index (χ3v) is 2.25. The number of nitrogen functional groups attached to an aromatic ring is 1. The summed E-state index contributed by atoms with van der Waals surface area (Å²) in [6.07, 6.45) is 3.58. The molecule has 2 aromatic heterocycles. The van der Waals surface area contributed by atoms with Gasteiger partial charge in [0.05, 0.1) is 5.56 Å². The molecule has 2 rings (SSSR count). The monoisotopic (exact) mass is 165 g/mol. The second kappa shape index (κ2) is 2.39. The van der Waals surface area contributed by atoms with Gasteiger partial charge in [-0.1, -0.05) is 0 Å². The molecule has 3 nitrogen and oxygen atoms in total. The Hall–Kier alpha value is -1.29. The van der Waals surface area contributed by atoms with E-state index in [1.807, 2.05) is 17.6 Å². The maximum atomic E-state index is 5.64. The van der Waals surface area contributed by atoms with Gasteiger partial charge in [0.2, 0.25) is 0 Å². The molecule has 0 amide bonds. The minimum Gasteiger partial charge on any atom is -0.385 e. The molecule has 0 fully saturated rings. The largest absolute Gasteiger partial charge is 0.385 e. The topological polar surface area (TPSA) is 54.7 Å². The van der Waals surface area contributed by atoms with Crippen molar-refractivity contribution >= 4 is 17.2 Å². The van der Waals surface area contributed by atoms with Crippen molar-refractivity contribution in [1.29, 1.82) is 0 Å². The average Bonchev–Trinajstić information content (AvgIpc) is 2.55. The maximum Gasteiger partial charge on any atom is 0.126 e. The molecule has 0 radical (unpaired) electrons. The third kappa shape index (κ3) is 1.01. The highest BCUT2D eigenvalue weighted by atomic mass is 32.1. The average molecular weight is 165 g/mol. The Labute approximate surface area is 67.9 Å². The Balaban J connectivity index is 2.53. The van der Waals surface area contributed by atoms with E-state index in [-0.39, 0.29) is 0 Å². The van der Waals surface area contributed by atoms with Crippen LogP contribution >= 0.6 is 11.3 Å². The highest BCUT2D eigenvalue weighted by Crippen LogP contribution is 2.25. The molecule has 0 spiro atoms. The summed E-state index contributed by atoms with van der Waals surface area (Å²) in [5, 5.41) is 2.89. The standard InChI is InChI=1S/C7H7N3S/c8-6-5(1-2-9-6)7-10-3-4-11-7/h1-4,9H,8H2. The van der Waals surface area contributed by atoms with E-state index < -0.39 is 0 Å². The first-order valence-electron chi connectivity index (χ1n) is 3.20. The fraction of sp³-hybridized carbons (Fsp3) is 0. The number of H-pyrrole nitrogens is 1. The van der Waals surface area contributed by atoms with Crippen molar-refractivity contribution in [1.82, 2.24) is 9.97 Å². The van der Waals surface area contributed by atoms with Crippen molar-refractivity contribution in [2.24, 2.45) is 0 Å². The smallest absolute Gasteiger partial charge is 0.126 e. The fourth-order valence-electron chi connectivity index (χ4n) is 0.925. The van der Waals surface area contributed by atoms with Gasteiger partial charge >= 0.3 is 0 Å². The van der Waals surface area contributed by atoms with Gasteiger partial charge in [0.1, 0.15) is 10.8 Å². The van der Waals surface area contributed by atoms with Crippen molar-refractivity contribution in [2.75, 3.05) is 5.73 Å². The predicted molar refractivity (Wildman–Crippen MR) is 46.3 cm³/mol. The van der Waals surface area contributed by atoms with Crippen LogP contribution in [0, 0.1) is 0 Å². The highest BCUT2D eigenvalue weighted by molar-refractivity contribution is 7.13. The molecule has 0 aliphatic carbocycles. The number of hydrogen-bond acceptors (Lipinski definition) is 3. The SMILES string of the molecule is Nc1[nH]ccc1-c1nccs1. The van der Waals surface area contributed by atoms with Gasteiger partial charge in [-0.3, -0.25) is 0 Å². The first-order valence-corrected chi connectivity index (χ1v) is 4.08. The molecule has 56 valence electrons. The first-order chi connectivity index (χ1) is 5.38. The Morgan fingerprint density at radius 2 is 2.45 bits per heavy atom. The molecular formula is C7H7N3S. The number of aromatic nitrogens is 2. The molecule has 0 aliphatic rings. The highest BCUT2D eigenvalue weighted by Gasteiger charge is 2.03. The van der Waals surface area contributed by atoms with Gasteiger partial charge in [-0.2, -0.15) is 0 Å². The normalized spacial score (nSPS) is 10.2. The Morgan fingerprint density at radius 3 is 3.00 bits per heavy atom. The number of nitrogens with one attached hydrogen (secondary N) is 1. The van der Waals surface area contributed by atoms with Crippen LogP contribution < -0.4 is 5.73 Å². The lowest BCUT2D eigenvalue weighted by atomic mass is 10.3. The predicted octanol–water partition coefficient (Wildman–Crippen LogP) is 1.72. The van der Waals surface area contributed by atoms with Crippen LogP contribution in [0.1, 0.15) is 0 Å². The van der Waals surface area contributed by atoms with Crippen LogP contribution in [-0.2, 0) is 0 Å². The molecule has 2 heterocycles. The lowest BCUT2D eigenvalue weighted by molar-refractivity contribution is 1.40. The number of rotatable bonds is 1. The van der Waals surface area contributed by atoms with Crippen molar-refractivity contribution in [3.63, 3.8) is 0 Å². The zero-order chi connectivity index (χ0) is 7.68. The summed E-state index contributed by atoms with van der Waals surface area (Å²) < 4.78 is 0. The van der Waals surface area contributed by atoms with E-state index in [1.165, 1.54) is 0 Å². The molecule has 0 saturated heterocycles. The van der Waals surface area contributed by atoms with E-state index in [2.05, 4.69) is 9.97 Å². The lowest BCUT2D eigenvalue weighted by Crippen LogP contribution is -1.85. The summed E-state index contributed by atoms with van der Waals surface area (Å²) in [6.45, 7) is 0. The number of hydrogen-bond donors (Lipinski definition) is 2. The Morgan fingerprint density at radius 1 is 1.55 bits per heavy atom. The van der Waals surface area contributed by atoms with E-state index in [1.54, 1.807) is 17.5 Å². The number of nitrogens with two attached hydrogens (primary N) is 1. The van der Waals surface area contributed by atoms with Crippen LogP contribution in [0.25, 0.3) is 10.6 Å². The van der Waals surface area contributed by atoms with Gasteiger partial charge in [-0.15, -0.1) is 11.3 Å². The van der Waals surface area contributed by atoms with Crippen LogP contribution in [0.5, 0.6) is 0 Å². The summed E-state index contributed by atoms with van der Waals surface area (Å²) in [5.41, 5.74) is 6.63. The van der Waals surface area contributed by atoms with Crippen molar-refractivity contribution < 1.29 is 0 Å². The molecule has 0 saturated carbocycles. The van der Waals surface area contributed by atoms with Gasteiger partial charge < -0.3 is 10.7 Å². The van der Waals surface area contributed by atoms with Gasteiger partial charge in [0.25, 0.3) is 0 Å². The molecule has 3 N–H and O–H groups in total. The van der Waals surface area contributed by atoms with E-state index in [4.69, 9.17) is 5.73 Å². The summed E-state index contributed by atoms with van der Waals surface area (Å²) in [7, 11) is 0. The molecule has 0 aromatic carbocycles. The minimum atomic E-state index is 0.681. The Kier molecular flexibility index (Phi) is 1.40. The third-order valence-electron chi connectivity index (χ3n) is 1.44. The van der Waals surface area contributed by atoms with Gasteiger partial charge in [0.15, 0.2) is 0 Å². The van der Waals surface area contributed by atoms with Gasteiger partial charge in [-0.25, -0.2) is 4.98 Å². The summed E-state index contributed by atoms with van der Waals surface area (Å²) in [5.74, 6) is 0.681. The van der Waals surface area contributed by atoms with Gasteiger partial charge in [0, 0.05) is 17.8 Å². The second-order valence-corrected chi connectivity index (χ2v) is 3.04. The van der Waals surface area contributed by atoms with Crippen molar-refractivity contribution in [3.05, 3.63) is 23.8 Å². The Bertz CT molecular complexity index is 336. The molecule has 0 bridgehead atoms. The van der Waals surface area contributed by atoms with E-state index in [0.29, 0.717) is 5.82 Å². The van der Waals surface area contributed by atoms with Crippen LogP contribution in [-0.4, -0.2) is 9.97 Å². The van der Waals surface area contributed by atoms with Crippen LogP contribution in [0.15, 0.2) is 23.8 Å². The maximum absolute atomic E-state index is 5.64. The van der Waals surface area contributed by atoms with Crippen molar-refractivity contribution in [3.8, 4) is 10.6 Å². The molecule has 0 unspecified atom stereocenters. The molecular weight excluding hydrogens is 158 g/mol. The van der Waals surface area contributed by atoms with Crippen LogP contribution in [0.3, 0.4) is 0 Å². The van der Waals surface area contributed by atoms with Crippen LogP contribution in [0.4, 0.5) is 5.82 Å². The zero-order valence-corrected chi connectivity index (χ0v) is 6.56. The zero-order valence-electron chi connectivity index (χ0n) is 5.74. The van der Waals surface area contributed by atoms with Crippen LogP contribution in [0.2, 0.25) is 0 Å². The van der Waals surface area contributed by atoms with Gasteiger partial charge in [-0.05, 0) is 6.07 Å². The van der Waals surface area contributed by atoms with E-state index in [9.17, 15) is 0 Å². The van der Waals surface area contributed by atoms with E-state index in [0.717, 1.165) is 10.6 Å². The fourth-order valence-corrected chi connectivity index (χ4v) is 1.60. The van der Waals surface area contributed by atoms with E-state index >= 15 is 0 Å². The number of aromatic amines is 1. The quantitative estimate of drug-likeness (QED) is 0.676. The summed E-state index contributed by atoms with van der Waals surface area (Å²) >= 11 is 1.58.